The molecule has 0 fully saturated rings. The second kappa shape index (κ2) is 14.6. The first-order valence-corrected chi connectivity index (χ1v) is 12.6. The third-order valence-electron chi connectivity index (χ3n) is 4.25. The number of rotatable bonds is 10. The summed E-state index contributed by atoms with van der Waals surface area (Å²) in [6.45, 7) is 9.92. The summed E-state index contributed by atoms with van der Waals surface area (Å²) in [4.78, 5) is 3.97. The second-order valence-electron chi connectivity index (χ2n) is 6.57. The molecular formula is C20H28N2O6PtS2. The Kier molecular flexibility index (Phi) is 13.9. The van der Waals surface area contributed by atoms with E-state index >= 15 is 0 Å². The van der Waals surface area contributed by atoms with Crippen LogP contribution in [-0.2, 0) is 41.3 Å². The molecule has 0 atom stereocenters. The molecule has 11 heteroatoms. The van der Waals surface area contributed by atoms with Gasteiger partial charge in [-0.2, -0.15) is 0 Å². The average Bonchev–Trinajstić information content (AvgIpc) is 2.67. The zero-order chi connectivity index (χ0) is 22.6. The van der Waals surface area contributed by atoms with Crippen LogP contribution in [-0.4, -0.2) is 73.4 Å². The molecule has 0 spiro atoms. The van der Waals surface area contributed by atoms with E-state index in [0.29, 0.717) is 25.9 Å². The van der Waals surface area contributed by atoms with Gasteiger partial charge in [-0.3, -0.25) is 0 Å². The fourth-order valence-electron chi connectivity index (χ4n) is 2.83. The molecule has 31 heavy (non-hydrogen) atoms. The molecule has 0 aromatic carbocycles. The van der Waals surface area contributed by atoms with Crippen LogP contribution in [0.5, 0.6) is 0 Å². The molecule has 0 unspecified atom stereocenters. The largest absolute Gasteiger partial charge is 2.00 e. The van der Waals surface area contributed by atoms with E-state index in [1.54, 1.807) is 12.2 Å². The minimum Gasteiger partial charge on any atom is -0.748 e. The Bertz CT molecular complexity index is 845. The van der Waals surface area contributed by atoms with Crippen LogP contribution in [0.25, 0.3) is 0 Å². The van der Waals surface area contributed by atoms with E-state index in [1.807, 2.05) is 46.3 Å². The molecule has 0 N–H and O–H groups in total. The average molecular weight is 652 g/mol. The molecule has 0 saturated carbocycles. The summed E-state index contributed by atoms with van der Waals surface area (Å²) in [6.07, 6.45) is 15.7. The van der Waals surface area contributed by atoms with E-state index in [0.717, 1.165) is 24.5 Å². The van der Waals surface area contributed by atoms with E-state index in [-0.39, 0.29) is 32.6 Å². The van der Waals surface area contributed by atoms with E-state index in [2.05, 4.69) is 13.2 Å². The van der Waals surface area contributed by atoms with Gasteiger partial charge in [0.05, 0.1) is 20.2 Å². The van der Waals surface area contributed by atoms with Crippen molar-refractivity contribution in [2.45, 2.75) is 12.8 Å². The Morgan fingerprint density at radius 3 is 1.45 bits per heavy atom. The van der Waals surface area contributed by atoms with Gasteiger partial charge in [0.2, 0.25) is 0 Å². The molecule has 0 radical (unpaired) electrons. The van der Waals surface area contributed by atoms with Crippen molar-refractivity contribution in [2.24, 2.45) is 0 Å². The van der Waals surface area contributed by atoms with Gasteiger partial charge in [-0.25, -0.2) is 16.8 Å². The number of allylic oxidation sites excluding steroid dienone is 6. The third-order valence-corrected chi connectivity index (χ3v) is 5.83. The van der Waals surface area contributed by atoms with Gasteiger partial charge in [0.15, 0.2) is 0 Å². The van der Waals surface area contributed by atoms with Crippen molar-refractivity contribution in [3.05, 3.63) is 73.2 Å². The van der Waals surface area contributed by atoms with Crippen molar-refractivity contribution >= 4 is 20.2 Å². The van der Waals surface area contributed by atoms with Crippen LogP contribution in [0.1, 0.15) is 12.8 Å². The SMILES string of the molecule is C=CC1=CC=CCN1CCCS(=O)(=O)[O-].C=CC1=CC=CCN1CCCS(=O)(=O)[O-].[Pt+2]. The zero-order valence-corrected chi connectivity index (χ0v) is 21.1. The summed E-state index contributed by atoms with van der Waals surface area (Å²) in [6, 6.07) is 0. The smallest absolute Gasteiger partial charge is 0.748 e. The molecule has 0 aliphatic carbocycles. The first-order valence-electron chi connectivity index (χ1n) is 9.41. The molecule has 2 aliphatic rings. The summed E-state index contributed by atoms with van der Waals surface area (Å²) in [5, 5.41) is 0. The summed E-state index contributed by atoms with van der Waals surface area (Å²) in [5.41, 5.74) is 1.92. The standard InChI is InChI=1S/2C10H15NO3S.Pt/c2*1-2-10-6-3-4-7-11(10)8-5-9-15(12,13)14;/h2*2-4,6H,1,5,7-9H2,(H,12,13,14);/q;;+2/p-2. The maximum atomic E-state index is 10.4. The van der Waals surface area contributed by atoms with Crippen LogP contribution in [0.4, 0.5) is 0 Å². The monoisotopic (exact) mass is 651 g/mol. The molecule has 8 nitrogen and oxygen atoms in total. The van der Waals surface area contributed by atoms with Gasteiger partial charge in [-0.1, -0.05) is 37.5 Å². The number of hydrogen-bond acceptors (Lipinski definition) is 8. The van der Waals surface area contributed by atoms with Crippen LogP contribution in [0, 0.1) is 0 Å². The van der Waals surface area contributed by atoms with E-state index in [1.165, 1.54) is 0 Å². The normalized spacial score (nSPS) is 15.8. The summed E-state index contributed by atoms with van der Waals surface area (Å²) < 4.78 is 62.4. The summed E-state index contributed by atoms with van der Waals surface area (Å²) in [5.74, 6) is -0.616. The molecule has 0 bridgehead atoms. The predicted molar refractivity (Wildman–Crippen MR) is 116 cm³/mol. The van der Waals surface area contributed by atoms with E-state index in [9.17, 15) is 25.9 Å². The van der Waals surface area contributed by atoms with Crippen molar-refractivity contribution in [3.63, 3.8) is 0 Å². The van der Waals surface area contributed by atoms with Crippen molar-refractivity contribution in [3.8, 4) is 0 Å². The summed E-state index contributed by atoms with van der Waals surface area (Å²) in [7, 11) is -8.18. The fourth-order valence-corrected chi connectivity index (χ4v) is 3.80. The maximum Gasteiger partial charge on any atom is 2.00 e. The minimum absolute atomic E-state index is 0. The Balaban J connectivity index is 0.000000562. The first-order chi connectivity index (χ1) is 14.1. The molecule has 2 aliphatic heterocycles. The third kappa shape index (κ3) is 13.5. The van der Waals surface area contributed by atoms with Crippen LogP contribution in [0.2, 0.25) is 0 Å². The quantitative estimate of drug-likeness (QED) is 0.328. The Morgan fingerprint density at radius 2 is 1.16 bits per heavy atom. The predicted octanol–water partition coefficient (Wildman–Crippen LogP) is 1.72. The molecule has 2 rings (SSSR count). The molecule has 0 aromatic rings. The van der Waals surface area contributed by atoms with E-state index < -0.39 is 20.2 Å². The van der Waals surface area contributed by atoms with Gasteiger partial charge < -0.3 is 18.9 Å². The molecule has 0 aromatic heterocycles. The van der Waals surface area contributed by atoms with Gasteiger partial charge in [0.1, 0.15) is 0 Å². The van der Waals surface area contributed by atoms with Gasteiger partial charge in [-0.05, 0) is 37.1 Å². The van der Waals surface area contributed by atoms with Crippen LogP contribution < -0.4 is 0 Å². The second-order valence-corrected chi connectivity index (χ2v) is 9.62. The summed E-state index contributed by atoms with van der Waals surface area (Å²) >= 11 is 0. The van der Waals surface area contributed by atoms with Gasteiger partial charge in [-0.15, -0.1) is 0 Å². The fraction of sp³-hybridized carbons (Fsp3) is 0.400. The molecule has 176 valence electrons. The van der Waals surface area contributed by atoms with Crippen LogP contribution in [0.3, 0.4) is 0 Å². The minimum atomic E-state index is -4.09. The van der Waals surface area contributed by atoms with Gasteiger partial charge in [0.25, 0.3) is 0 Å². The van der Waals surface area contributed by atoms with Crippen molar-refractivity contribution in [2.75, 3.05) is 37.7 Å². The maximum absolute atomic E-state index is 10.4. The topological polar surface area (TPSA) is 121 Å². The number of nitrogens with zero attached hydrogens (tertiary/aromatic N) is 2. The Labute approximate surface area is 200 Å². The molecular weight excluding hydrogens is 623 g/mol. The first kappa shape index (κ1) is 29.5. The van der Waals surface area contributed by atoms with E-state index in [4.69, 9.17) is 0 Å². The molecule has 0 saturated heterocycles. The molecule has 0 amide bonds. The van der Waals surface area contributed by atoms with Crippen molar-refractivity contribution < 1.29 is 47.0 Å². The Hall–Kier alpha value is -1.45. The number of hydrogen-bond donors (Lipinski definition) is 0. The van der Waals surface area contributed by atoms with Gasteiger partial charge >= 0.3 is 21.1 Å². The van der Waals surface area contributed by atoms with Crippen LogP contribution in [0.15, 0.2) is 73.2 Å². The van der Waals surface area contributed by atoms with Crippen molar-refractivity contribution in [1.82, 2.24) is 9.80 Å². The molecule has 2 heterocycles. The Morgan fingerprint density at radius 1 is 0.806 bits per heavy atom. The van der Waals surface area contributed by atoms with Gasteiger partial charge in [0, 0.05) is 49.1 Å². The zero-order valence-electron chi connectivity index (χ0n) is 17.2. The van der Waals surface area contributed by atoms with Crippen molar-refractivity contribution in [1.29, 1.82) is 0 Å². The van der Waals surface area contributed by atoms with Crippen LogP contribution >= 0.6 is 0 Å².